The minimum absolute atomic E-state index is 0.160. The fourth-order valence-electron chi connectivity index (χ4n) is 1.32. The van der Waals surface area contributed by atoms with Crippen molar-refractivity contribution in [2.75, 3.05) is 25.6 Å². The molecule has 0 amide bonds. The van der Waals surface area contributed by atoms with E-state index in [9.17, 15) is 0 Å². The molecule has 0 bridgehead atoms. The quantitative estimate of drug-likeness (QED) is 0.788. The van der Waals surface area contributed by atoms with Gasteiger partial charge in [0.05, 0.1) is 12.1 Å². The monoisotopic (exact) mass is 239 g/mol. The summed E-state index contributed by atoms with van der Waals surface area (Å²) in [6, 6.07) is 5.65. The number of hydrogen-bond acceptors (Lipinski definition) is 4. The predicted molar refractivity (Wildman–Crippen MR) is 70.0 cm³/mol. The van der Waals surface area contributed by atoms with Gasteiger partial charge in [-0.25, -0.2) is 0 Å². The van der Waals surface area contributed by atoms with Crippen LogP contribution in [0.15, 0.2) is 18.2 Å². The van der Waals surface area contributed by atoms with Gasteiger partial charge in [-0.1, -0.05) is 25.2 Å². The lowest BCUT2D eigenvalue weighted by atomic mass is 10.2. The largest absolute Gasteiger partial charge is 0.481 e. The summed E-state index contributed by atoms with van der Waals surface area (Å²) in [5.74, 6) is 1.61. The Labute approximate surface area is 101 Å². The third kappa shape index (κ3) is 3.34. The molecule has 0 saturated carbocycles. The number of nitrogens with two attached hydrogens (primary N) is 1. The van der Waals surface area contributed by atoms with Crippen LogP contribution < -0.4 is 15.4 Å². The summed E-state index contributed by atoms with van der Waals surface area (Å²) in [5, 5.41) is 0. The Morgan fingerprint density at radius 3 is 2.88 bits per heavy atom. The first-order valence-corrected chi connectivity index (χ1v) is 5.47. The van der Waals surface area contributed by atoms with Gasteiger partial charge in [-0.3, -0.25) is 0 Å². The molecule has 1 heterocycles. The van der Waals surface area contributed by atoms with Crippen molar-refractivity contribution in [3.63, 3.8) is 0 Å². The first-order valence-electron chi connectivity index (χ1n) is 5.06. The van der Waals surface area contributed by atoms with E-state index in [-0.39, 0.29) is 5.92 Å². The number of ether oxygens (including phenoxy) is 1. The summed E-state index contributed by atoms with van der Waals surface area (Å²) < 4.78 is 5.07. The molecule has 1 unspecified atom stereocenters. The van der Waals surface area contributed by atoms with Crippen molar-refractivity contribution in [1.82, 2.24) is 4.98 Å². The second-order valence-electron chi connectivity index (χ2n) is 3.72. The Bertz CT molecular complexity index is 370. The molecule has 5 heteroatoms. The van der Waals surface area contributed by atoms with Gasteiger partial charge >= 0.3 is 0 Å². The molecule has 4 nitrogen and oxygen atoms in total. The fraction of sp³-hybridized carbons (Fsp3) is 0.455. The van der Waals surface area contributed by atoms with Gasteiger partial charge in [-0.2, -0.15) is 4.98 Å². The normalized spacial score (nSPS) is 11.9. The lowest BCUT2D eigenvalue weighted by Gasteiger charge is -2.22. The number of hydrogen-bond donors (Lipinski definition) is 1. The summed E-state index contributed by atoms with van der Waals surface area (Å²) in [4.78, 5) is 6.85. The maximum atomic E-state index is 5.58. The molecule has 16 heavy (non-hydrogen) atoms. The van der Waals surface area contributed by atoms with E-state index in [0.29, 0.717) is 10.9 Å². The van der Waals surface area contributed by atoms with E-state index in [1.165, 1.54) is 0 Å². The van der Waals surface area contributed by atoms with Crippen LogP contribution in [-0.2, 0) is 0 Å². The number of thiocarbonyl (C=S) groups is 1. The van der Waals surface area contributed by atoms with E-state index in [0.717, 1.165) is 12.4 Å². The summed E-state index contributed by atoms with van der Waals surface area (Å²) in [5.41, 5.74) is 5.58. The zero-order valence-electron chi connectivity index (χ0n) is 9.80. The van der Waals surface area contributed by atoms with Crippen molar-refractivity contribution < 1.29 is 4.74 Å². The second kappa shape index (κ2) is 5.65. The molecule has 0 aliphatic carbocycles. The van der Waals surface area contributed by atoms with E-state index >= 15 is 0 Å². The molecule has 88 valence electrons. The van der Waals surface area contributed by atoms with Crippen LogP contribution >= 0.6 is 12.2 Å². The van der Waals surface area contributed by atoms with Crippen LogP contribution in [0.4, 0.5) is 5.82 Å². The molecule has 0 saturated heterocycles. The standard InChI is InChI=1S/C11H17N3OS/c1-8(11(12)16)7-14(2)9-5-4-6-10(13-9)15-3/h4-6,8H,7H2,1-3H3,(H2,12,16). The van der Waals surface area contributed by atoms with Gasteiger partial charge < -0.3 is 15.4 Å². The van der Waals surface area contributed by atoms with Gasteiger partial charge in [0.15, 0.2) is 0 Å². The van der Waals surface area contributed by atoms with Crippen LogP contribution in [0.5, 0.6) is 5.88 Å². The summed E-state index contributed by atoms with van der Waals surface area (Å²) in [7, 11) is 3.56. The van der Waals surface area contributed by atoms with Crippen molar-refractivity contribution in [2.24, 2.45) is 11.7 Å². The zero-order valence-corrected chi connectivity index (χ0v) is 10.6. The lowest BCUT2D eigenvalue weighted by Crippen LogP contribution is -2.31. The van der Waals surface area contributed by atoms with Crippen LogP contribution in [0.1, 0.15) is 6.92 Å². The van der Waals surface area contributed by atoms with Crippen molar-refractivity contribution in [1.29, 1.82) is 0 Å². The van der Waals surface area contributed by atoms with Crippen molar-refractivity contribution >= 4 is 23.0 Å². The van der Waals surface area contributed by atoms with Gasteiger partial charge in [0, 0.05) is 25.6 Å². The zero-order chi connectivity index (χ0) is 12.1. The molecule has 1 aromatic heterocycles. The summed E-state index contributed by atoms with van der Waals surface area (Å²) in [6.07, 6.45) is 0. The molecular weight excluding hydrogens is 222 g/mol. The third-order valence-electron chi connectivity index (χ3n) is 2.34. The van der Waals surface area contributed by atoms with Crippen molar-refractivity contribution in [3.8, 4) is 5.88 Å². The highest BCUT2D eigenvalue weighted by Crippen LogP contribution is 2.15. The topological polar surface area (TPSA) is 51.4 Å². The maximum absolute atomic E-state index is 5.58. The van der Waals surface area contributed by atoms with Crippen LogP contribution in [-0.4, -0.2) is 30.7 Å². The van der Waals surface area contributed by atoms with Crippen LogP contribution in [0.25, 0.3) is 0 Å². The van der Waals surface area contributed by atoms with E-state index in [1.54, 1.807) is 7.11 Å². The van der Waals surface area contributed by atoms with Gasteiger partial charge in [0.1, 0.15) is 5.82 Å². The second-order valence-corrected chi connectivity index (χ2v) is 4.19. The highest BCUT2D eigenvalue weighted by Gasteiger charge is 2.10. The molecule has 1 rings (SSSR count). The molecular formula is C11H17N3OS. The highest BCUT2D eigenvalue weighted by molar-refractivity contribution is 7.80. The van der Waals surface area contributed by atoms with Crippen LogP contribution in [0.3, 0.4) is 0 Å². The number of anilines is 1. The number of aromatic nitrogens is 1. The van der Waals surface area contributed by atoms with Gasteiger partial charge in [0.25, 0.3) is 0 Å². The fourth-order valence-corrected chi connectivity index (χ4v) is 1.40. The summed E-state index contributed by atoms with van der Waals surface area (Å²) >= 11 is 4.94. The highest BCUT2D eigenvalue weighted by atomic mass is 32.1. The minimum Gasteiger partial charge on any atom is -0.481 e. The Balaban J connectivity index is 2.72. The molecule has 0 radical (unpaired) electrons. The molecule has 0 aromatic carbocycles. The molecule has 0 fully saturated rings. The Morgan fingerprint density at radius 2 is 2.31 bits per heavy atom. The lowest BCUT2D eigenvalue weighted by molar-refractivity contribution is 0.398. The molecule has 0 spiro atoms. The average molecular weight is 239 g/mol. The molecule has 1 aromatic rings. The number of methoxy groups -OCH3 is 1. The van der Waals surface area contributed by atoms with Crippen molar-refractivity contribution in [3.05, 3.63) is 18.2 Å². The first kappa shape index (κ1) is 12.7. The minimum atomic E-state index is 0.160. The van der Waals surface area contributed by atoms with Crippen molar-refractivity contribution in [2.45, 2.75) is 6.92 Å². The van der Waals surface area contributed by atoms with Gasteiger partial charge in [0.2, 0.25) is 5.88 Å². The van der Waals surface area contributed by atoms with Crippen LogP contribution in [0.2, 0.25) is 0 Å². The van der Waals surface area contributed by atoms with E-state index < -0.39 is 0 Å². The smallest absolute Gasteiger partial charge is 0.214 e. The van der Waals surface area contributed by atoms with E-state index in [1.807, 2.05) is 37.1 Å². The number of pyridine rings is 1. The van der Waals surface area contributed by atoms with Gasteiger partial charge in [-0.15, -0.1) is 0 Å². The molecule has 1 atom stereocenters. The summed E-state index contributed by atoms with van der Waals surface area (Å²) in [6.45, 7) is 2.74. The van der Waals surface area contributed by atoms with E-state index in [2.05, 4.69) is 4.98 Å². The van der Waals surface area contributed by atoms with E-state index in [4.69, 9.17) is 22.7 Å². The number of nitrogens with zero attached hydrogens (tertiary/aromatic N) is 2. The molecule has 0 aliphatic rings. The Hall–Kier alpha value is -1.36. The first-order chi connectivity index (χ1) is 7.54. The van der Waals surface area contributed by atoms with Crippen LogP contribution in [0, 0.1) is 5.92 Å². The molecule has 2 N–H and O–H groups in total. The molecule has 0 aliphatic heterocycles. The predicted octanol–water partition coefficient (Wildman–Crippen LogP) is 1.45. The number of rotatable bonds is 5. The maximum Gasteiger partial charge on any atom is 0.214 e. The Morgan fingerprint density at radius 1 is 1.62 bits per heavy atom. The average Bonchev–Trinajstić information content (AvgIpc) is 2.28. The Kier molecular flexibility index (Phi) is 4.49. The third-order valence-corrected chi connectivity index (χ3v) is 2.74. The SMILES string of the molecule is COc1cccc(N(C)CC(C)C(N)=S)n1. The van der Waals surface area contributed by atoms with Gasteiger partial charge in [-0.05, 0) is 6.07 Å².